The molecule has 2 atom stereocenters. The van der Waals surface area contributed by atoms with Crippen LogP contribution in [0.15, 0.2) is 18.6 Å². The first-order valence-electron chi connectivity index (χ1n) is 9.53. The summed E-state index contributed by atoms with van der Waals surface area (Å²) in [6, 6.07) is 2.98. The lowest BCUT2D eigenvalue weighted by atomic mass is 9.92. The molecule has 1 aliphatic rings. The van der Waals surface area contributed by atoms with Gasteiger partial charge in [0.1, 0.15) is 25.1 Å². The second-order valence-electron chi connectivity index (χ2n) is 7.29. The summed E-state index contributed by atoms with van der Waals surface area (Å²) in [6.07, 6.45) is 3.53. The predicted molar refractivity (Wildman–Crippen MR) is 107 cm³/mol. The minimum absolute atomic E-state index is 0.0244. The summed E-state index contributed by atoms with van der Waals surface area (Å²) in [5.74, 6) is -0.433. The average molecular weight is 413 g/mol. The van der Waals surface area contributed by atoms with Crippen LogP contribution in [0.2, 0.25) is 0 Å². The number of carboxylic acid groups (broad SMARTS) is 1. The highest BCUT2D eigenvalue weighted by Gasteiger charge is 2.32. The van der Waals surface area contributed by atoms with E-state index >= 15 is 0 Å². The molecule has 0 bridgehead atoms. The molecule has 0 aliphatic carbocycles. The number of aromatic nitrogens is 3. The van der Waals surface area contributed by atoms with E-state index in [0.29, 0.717) is 29.9 Å². The number of carbonyl (C=O) groups excluding carboxylic acids is 2. The molecule has 158 valence electrons. The fourth-order valence-corrected chi connectivity index (χ4v) is 3.74. The van der Waals surface area contributed by atoms with Crippen LogP contribution in [0.4, 0.5) is 10.6 Å². The van der Waals surface area contributed by atoms with Crippen molar-refractivity contribution in [1.29, 1.82) is 5.26 Å². The van der Waals surface area contributed by atoms with E-state index in [-0.39, 0.29) is 24.3 Å². The third kappa shape index (κ3) is 4.17. The van der Waals surface area contributed by atoms with E-state index in [1.807, 2.05) is 18.0 Å². The molecule has 2 amide bonds. The van der Waals surface area contributed by atoms with Crippen LogP contribution in [-0.2, 0) is 9.59 Å². The minimum Gasteiger partial charge on any atom is -0.480 e. The van der Waals surface area contributed by atoms with Crippen LogP contribution in [0.1, 0.15) is 19.8 Å². The van der Waals surface area contributed by atoms with Crippen molar-refractivity contribution < 1.29 is 19.5 Å². The molecular formula is C19H23N7O4. The van der Waals surface area contributed by atoms with Crippen LogP contribution in [0.25, 0.3) is 11.0 Å². The van der Waals surface area contributed by atoms with Crippen LogP contribution in [0.5, 0.6) is 0 Å². The summed E-state index contributed by atoms with van der Waals surface area (Å²) in [7, 11) is 1.88. The number of fused-ring (bicyclic) bond motifs is 1. The average Bonchev–Trinajstić information content (AvgIpc) is 3.16. The van der Waals surface area contributed by atoms with Gasteiger partial charge in [-0.2, -0.15) is 5.26 Å². The topological polar surface area (TPSA) is 144 Å². The molecule has 11 heteroatoms. The van der Waals surface area contributed by atoms with E-state index in [1.54, 1.807) is 11.0 Å². The Balaban J connectivity index is 1.87. The number of carbonyl (C=O) groups is 3. The maximum absolute atomic E-state index is 12.3. The molecule has 0 aromatic carbocycles. The number of hydrogen-bond donors (Lipinski definition) is 2. The first-order valence-corrected chi connectivity index (χ1v) is 9.53. The summed E-state index contributed by atoms with van der Waals surface area (Å²) in [4.78, 5) is 47.4. The van der Waals surface area contributed by atoms with Crippen molar-refractivity contribution in [2.24, 2.45) is 5.92 Å². The third-order valence-corrected chi connectivity index (χ3v) is 5.40. The normalized spacial score (nSPS) is 18.6. The highest BCUT2D eigenvalue weighted by atomic mass is 16.4. The molecular weight excluding hydrogens is 390 g/mol. The van der Waals surface area contributed by atoms with Crippen LogP contribution in [0.3, 0.4) is 0 Å². The zero-order valence-electron chi connectivity index (χ0n) is 16.8. The Labute approximate surface area is 172 Å². The minimum atomic E-state index is -1.14. The van der Waals surface area contributed by atoms with Gasteiger partial charge in [0.2, 0.25) is 5.91 Å². The molecule has 11 nitrogen and oxygen atoms in total. The van der Waals surface area contributed by atoms with Crippen molar-refractivity contribution in [3.63, 3.8) is 0 Å². The van der Waals surface area contributed by atoms with E-state index in [2.05, 4.69) is 22.2 Å². The summed E-state index contributed by atoms with van der Waals surface area (Å²) >= 11 is 0. The standard InChI is InChI=1S/C19H23N7O4/c1-12-4-7-25(15(27)3-6-20)10-14(12)24(2)17-13-5-8-26(18(13)23-11-22-17)19(30)21-9-16(28)29/h5,8,11-12,14H,3-4,7,9-10H2,1-2H3,(H,21,30)(H,28,29)/t12-,14+/m1/s1. The van der Waals surface area contributed by atoms with Crippen molar-refractivity contribution in [2.75, 3.05) is 31.6 Å². The van der Waals surface area contributed by atoms with Crippen molar-refractivity contribution >= 4 is 34.8 Å². The first-order chi connectivity index (χ1) is 14.3. The third-order valence-electron chi connectivity index (χ3n) is 5.40. The number of likely N-dealkylation sites (N-methyl/N-ethyl adjacent to an activating group) is 1. The van der Waals surface area contributed by atoms with Crippen molar-refractivity contribution in [1.82, 2.24) is 24.8 Å². The summed E-state index contributed by atoms with van der Waals surface area (Å²) in [5.41, 5.74) is 0.357. The van der Waals surface area contributed by atoms with Gasteiger partial charge in [-0.05, 0) is 18.4 Å². The molecule has 2 aromatic heterocycles. The van der Waals surface area contributed by atoms with E-state index in [0.717, 1.165) is 6.42 Å². The molecule has 1 aliphatic heterocycles. The van der Waals surface area contributed by atoms with Gasteiger partial charge in [-0.3, -0.25) is 14.2 Å². The molecule has 1 fully saturated rings. The highest BCUT2D eigenvalue weighted by Crippen LogP contribution is 2.29. The lowest BCUT2D eigenvalue weighted by molar-refractivity contribution is -0.135. The fraction of sp³-hybridized carbons (Fsp3) is 0.474. The Morgan fingerprint density at radius 2 is 2.17 bits per heavy atom. The second-order valence-corrected chi connectivity index (χ2v) is 7.29. The maximum atomic E-state index is 12.3. The van der Waals surface area contributed by atoms with Gasteiger partial charge in [-0.25, -0.2) is 14.8 Å². The Kier molecular flexibility index (Phi) is 6.15. The van der Waals surface area contributed by atoms with E-state index < -0.39 is 18.5 Å². The lowest BCUT2D eigenvalue weighted by Crippen LogP contribution is -2.52. The zero-order valence-corrected chi connectivity index (χ0v) is 16.8. The number of carboxylic acids is 1. The largest absolute Gasteiger partial charge is 0.480 e. The zero-order chi connectivity index (χ0) is 21.8. The van der Waals surface area contributed by atoms with Crippen LogP contribution >= 0.6 is 0 Å². The molecule has 2 N–H and O–H groups in total. The quantitative estimate of drug-likeness (QED) is 0.727. The Morgan fingerprint density at radius 1 is 1.40 bits per heavy atom. The molecule has 2 aromatic rings. The number of anilines is 1. The van der Waals surface area contributed by atoms with Gasteiger partial charge in [0.25, 0.3) is 0 Å². The molecule has 0 spiro atoms. The summed E-state index contributed by atoms with van der Waals surface area (Å²) in [5, 5.41) is 20.5. The monoisotopic (exact) mass is 413 g/mol. The summed E-state index contributed by atoms with van der Waals surface area (Å²) < 4.78 is 1.24. The number of amides is 2. The van der Waals surface area contributed by atoms with Crippen molar-refractivity contribution in [3.8, 4) is 6.07 Å². The predicted octanol–water partition coefficient (Wildman–Crippen LogP) is 0.660. The van der Waals surface area contributed by atoms with Gasteiger partial charge in [-0.15, -0.1) is 0 Å². The Hall–Kier alpha value is -3.68. The number of piperidine rings is 1. The van der Waals surface area contributed by atoms with Crippen LogP contribution in [0, 0.1) is 17.2 Å². The number of aliphatic carboxylic acids is 1. The Bertz CT molecular complexity index is 1010. The fourth-order valence-electron chi connectivity index (χ4n) is 3.74. The summed E-state index contributed by atoms with van der Waals surface area (Å²) in [6.45, 7) is 2.70. The van der Waals surface area contributed by atoms with E-state index in [9.17, 15) is 14.4 Å². The highest BCUT2D eigenvalue weighted by molar-refractivity contribution is 5.95. The van der Waals surface area contributed by atoms with Crippen molar-refractivity contribution in [3.05, 3.63) is 18.6 Å². The van der Waals surface area contributed by atoms with Crippen LogP contribution < -0.4 is 10.2 Å². The van der Waals surface area contributed by atoms with Gasteiger partial charge in [0.05, 0.1) is 17.5 Å². The van der Waals surface area contributed by atoms with Gasteiger partial charge in [0.15, 0.2) is 5.65 Å². The SMILES string of the molecule is C[C@@H]1CCN(C(=O)CC#N)C[C@@H]1N(C)c1ncnc2c1ccn2C(=O)NCC(=O)O. The molecule has 1 saturated heterocycles. The lowest BCUT2D eigenvalue weighted by Gasteiger charge is -2.42. The van der Waals surface area contributed by atoms with Gasteiger partial charge in [-0.1, -0.05) is 6.92 Å². The number of rotatable bonds is 5. The van der Waals surface area contributed by atoms with Crippen LogP contribution in [-0.4, -0.2) is 75.2 Å². The maximum Gasteiger partial charge on any atom is 0.327 e. The number of nitrogens with zero attached hydrogens (tertiary/aromatic N) is 6. The number of likely N-dealkylation sites (tertiary alicyclic amines) is 1. The van der Waals surface area contributed by atoms with Gasteiger partial charge >= 0.3 is 12.0 Å². The van der Waals surface area contributed by atoms with E-state index in [1.165, 1.54) is 17.1 Å². The van der Waals surface area contributed by atoms with Crippen molar-refractivity contribution in [2.45, 2.75) is 25.8 Å². The number of hydrogen-bond acceptors (Lipinski definition) is 7. The number of nitrogens with one attached hydrogen (secondary N) is 1. The van der Waals surface area contributed by atoms with Gasteiger partial charge in [0, 0.05) is 26.3 Å². The smallest absolute Gasteiger partial charge is 0.327 e. The first kappa shape index (κ1) is 21.0. The van der Waals surface area contributed by atoms with E-state index in [4.69, 9.17) is 10.4 Å². The Morgan fingerprint density at radius 3 is 2.87 bits per heavy atom. The van der Waals surface area contributed by atoms with Gasteiger partial charge < -0.3 is 20.2 Å². The second kappa shape index (κ2) is 8.77. The molecule has 3 heterocycles. The molecule has 0 unspecified atom stereocenters. The molecule has 30 heavy (non-hydrogen) atoms. The molecule has 0 radical (unpaired) electrons. The molecule has 3 rings (SSSR count). The number of nitriles is 1. The molecule has 0 saturated carbocycles.